The van der Waals surface area contributed by atoms with E-state index in [2.05, 4.69) is 30.4 Å². The molecular weight excluding hydrogens is 360 g/mol. The second-order valence-electron chi connectivity index (χ2n) is 7.37. The SMILES string of the molecule is COCCn1nnnc1C1(N2CCCC2)CCCN(C(=O)c2cnccn2)C1. The molecule has 0 spiro atoms. The molecule has 1 atom stereocenters. The maximum atomic E-state index is 13.1. The molecule has 4 heterocycles. The Kier molecular flexibility index (Phi) is 5.58. The summed E-state index contributed by atoms with van der Waals surface area (Å²) in [7, 11) is 1.67. The van der Waals surface area contributed by atoms with Gasteiger partial charge in [0.1, 0.15) is 11.2 Å². The number of rotatable bonds is 6. The second-order valence-corrected chi connectivity index (χ2v) is 7.37. The van der Waals surface area contributed by atoms with E-state index in [1.54, 1.807) is 19.5 Å². The van der Waals surface area contributed by atoms with Gasteiger partial charge in [-0.25, -0.2) is 9.67 Å². The Morgan fingerprint density at radius 2 is 2.07 bits per heavy atom. The van der Waals surface area contributed by atoms with Gasteiger partial charge in [-0.15, -0.1) is 5.10 Å². The molecule has 2 aromatic heterocycles. The van der Waals surface area contributed by atoms with Gasteiger partial charge in [-0.1, -0.05) is 0 Å². The van der Waals surface area contributed by atoms with Crippen molar-refractivity contribution in [1.29, 1.82) is 0 Å². The molecule has 4 rings (SSSR count). The van der Waals surface area contributed by atoms with Crippen LogP contribution in [0.4, 0.5) is 0 Å². The summed E-state index contributed by atoms with van der Waals surface area (Å²) < 4.78 is 7.05. The third-order valence-corrected chi connectivity index (χ3v) is 5.71. The van der Waals surface area contributed by atoms with Crippen molar-refractivity contribution >= 4 is 5.91 Å². The van der Waals surface area contributed by atoms with Crippen molar-refractivity contribution in [2.75, 3.05) is 39.9 Å². The molecule has 1 unspecified atom stereocenters. The predicted molar refractivity (Wildman–Crippen MR) is 99.3 cm³/mol. The molecular formula is C18H26N8O2. The van der Waals surface area contributed by atoms with Gasteiger partial charge in [-0.05, 0) is 49.2 Å². The van der Waals surface area contributed by atoms with Gasteiger partial charge in [0.15, 0.2) is 5.82 Å². The van der Waals surface area contributed by atoms with Crippen molar-refractivity contribution < 1.29 is 9.53 Å². The van der Waals surface area contributed by atoms with E-state index in [1.165, 1.54) is 6.20 Å². The molecule has 2 aromatic rings. The smallest absolute Gasteiger partial charge is 0.274 e. The zero-order valence-electron chi connectivity index (χ0n) is 16.2. The number of carbonyl (C=O) groups excluding carboxylic acids is 1. The third kappa shape index (κ3) is 3.49. The third-order valence-electron chi connectivity index (χ3n) is 5.71. The monoisotopic (exact) mass is 386 g/mol. The zero-order valence-corrected chi connectivity index (χ0v) is 16.2. The average molecular weight is 386 g/mol. The van der Waals surface area contributed by atoms with E-state index in [-0.39, 0.29) is 11.4 Å². The first-order valence-electron chi connectivity index (χ1n) is 9.80. The van der Waals surface area contributed by atoms with Crippen LogP contribution >= 0.6 is 0 Å². The Morgan fingerprint density at radius 3 is 2.82 bits per heavy atom. The number of piperidine rings is 1. The fourth-order valence-corrected chi connectivity index (χ4v) is 4.37. The summed E-state index contributed by atoms with van der Waals surface area (Å²) in [6.07, 6.45) is 8.77. The van der Waals surface area contributed by atoms with E-state index in [0.717, 1.165) is 44.6 Å². The first-order chi connectivity index (χ1) is 13.7. The second kappa shape index (κ2) is 8.27. The number of hydrogen-bond donors (Lipinski definition) is 0. The molecule has 10 nitrogen and oxygen atoms in total. The zero-order chi connectivity index (χ0) is 19.4. The number of amides is 1. The predicted octanol–water partition coefficient (Wildman–Crippen LogP) is 0.337. The van der Waals surface area contributed by atoms with Crippen molar-refractivity contribution in [3.63, 3.8) is 0 Å². The number of aromatic nitrogens is 6. The molecule has 10 heteroatoms. The van der Waals surface area contributed by atoms with Crippen LogP contribution in [0.25, 0.3) is 0 Å². The van der Waals surface area contributed by atoms with E-state index in [1.807, 2.05) is 9.58 Å². The number of nitrogens with zero attached hydrogens (tertiary/aromatic N) is 8. The number of ether oxygens (including phenoxy) is 1. The van der Waals surface area contributed by atoms with Gasteiger partial charge in [0.05, 0.1) is 19.3 Å². The van der Waals surface area contributed by atoms with E-state index in [4.69, 9.17) is 4.74 Å². The fourth-order valence-electron chi connectivity index (χ4n) is 4.37. The van der Waals surface area contributed by atoms with Gasteiger partial charge in [-0.2, -0.15) is 0 Å². The summed E-state index contributed by atoms with van der Waals surface area (Å²) in [5.41, 5.74) is -0.0113. The highest BCUT2D eigenvalue weighted by Gasteiger charge is 2.48. The van der Waals surface area contributed by atoms with Gasteiger partial charge >= 0.3 is 0 Å². The highest BCUT2D eigenvalue weighted by Crippen LogP contribution is 2.38. The molecule has 0 bridgehead atoms. The van der Waals surface area contributed by atoms with Crippen LogP contribution in [-0.2, 0) is 16.8 Å². The van der Waals surface area contributed by atoms with Crippen molar-refractivity contribution in [1.82, 2.24) is 40.0 Å². The van der Waals surface area contributed by atoms with Crippen LogP contribution in [0, 0.1) is 0 Å². The van der Waals surface area contributed by atoms with Gasteiger partial charge < -0.3 is 9.64 Å². The van der Waals surface area contributed by atoms with Gasteiger partial charge in [-0.3, -0.25) is 14.7 Å². The van der Waals surface area contributed by atoms with Crippen LogP contribution in [0.2, 0.25) is 0 Å². The summed E-state index contributed by atoms with van der Waals surface area (Å²) in [5.74, 6) is 0.732. The largest absolute Gasteiger partial charge is 0.383 e. The minimum atomic E-state index is -0.385. The van der Waals surface area contributed by atoms with Crippen LogP contribution in [0.3, 0.4) is 0 Å². The first kappa shape index (κ1) is 18.9. The van der Waals surface area contributed by atoms with Crippen molar-refractivity contribution in [3.05, 3.63) is 30.1 Å². The van der Waals surface area contributed by atoms with Crippen molar-refractivity contribution in [3.8, 4) is 0 Å². The summed E-state index contributed by atoms with van der Waals surface area (Å²) in [5, 5.41) is 12.6. The molecule has 0 radical (unpaired) electrons. The van der Waals surface area contributed by atoms with E-state index < -0.39 is 0 Å². The lowest BCUT2D eigenvalue weighted by Crippen LogP contribution is -2.58. The molecule has 2 aliphatic heterocycles. The van der Waals surface area contributed by atoms with Gasteiger partial charge in [0.2, 0.25) is 0 Å². The molecule has 2 aliphatic rings. The minimum absolute atomic E-state index is 0.0905. The quantitative estimate of drug-likeness (QED) is 0.700. The van der Waals surface area contributed by atoms with Crippen LogP contribution in [0.5, 0.6) is 0 Å². The summed E-state index contributed by atoms with van der Waals surface area (Å²) in [6.45, 7) is 4.36. The lowest BCUT2D eigenvalue weighted by Gasteiger charge is -2.47. The highest BCUT2D eigenvalue weighted by atomic mass is 16.5. The molecule has 2 fully saturated rings. The van der Waals surface area contributed by atoms with E-state index in [9.17, 15) is 4.79 Å². The van der Waals surface area contributed by atoms with Gasteiger partial charge in [0.25, 0.3) is 5.91 Å². The molecule has 0 aromatic carbocycles. The first-order valence-corrected chi connectivity index (χ1v) is 9.80. The molecule has 0 N–H and O–H groups in total. The van der Waals surface area contributed by atoms with Crippen molar-refractivity contribution in [2.24, 2.45) is 0 Å². The maximum Gasteiger partial charge on any atom is 0.274 e. The number of likely N-dealkylation sites (tertiary alicyclic amines) is 2. The van der Waals surface area contributed by atoms with E-state index >= 15 is 0 Å². The highest BCUT2D eigenvalue weighted by molar-refractivity contribution is 5.92. The molecule has 0 saturated carbocycles. The van der Waals surface area contributed by atoms with Crippen LogP contribution < -0.4 is 0 Å². The summed E-state index contributed by atoms with van der Waals surface area (Å²) in [6, 6.07) is 0. The summed E-state index contributed by atoms with van der Waals surface area (Å²) in [4.78, 5) is 25.6. The topological polar surface area (TPSA) is 102 Å². The number of tetrazole rings is 1. The number of carbonyl (C=O) groups is 1. The molecule has 150 valence electrons. The Labute approximate surface area is 163 Å². The molecule has 2 saturated heterocycles. The maximum absolute atomic E-state index is 13.1. The summed E-state index contributed by atoms with van der Waals surface area (Å²) >= 11 is 0. The van der Waals surface area contributed by atoms with Crippen LogP contribution in [0.15, 0.2) is 18.6 Å². The van der Waals surface area contributed by atoms with Gasteiger partial charge in [0, 0.05) is 32.6 Å². The Hall–Kier alpha value is -2.46. The Balaban J connectivity index is 1.66. The normalized spacial score (nSPS) is 23.2. The molecule has 0 aliphatic carbocycles. The molecule has 28 heavy (non-hydrogen) atoms. The Morgan fingerprint density at radius 1 is 1.21 bits per heavy atom. The average Bonchev–Trinajstić information content (AvgIpc) is 3.45. The lowest BCUT2D eigenvalue weighted by molar-refractivity contribution is 0.0118. The minimum Gasteiger partial charge on any atom is -0.383 e. The molecule has 1 amide bonds. The van der Waals surface area contributed by atoms with E-state index in [0.29, 0.717) is 31.9 Å². The lowest BCUT2D eigenvalue weighted by atomic mass is 9.86. The Bertz CT molecular complexity index is 792. The number of methoxy groups -OCH3 is 1. The standard InChI is InChI=1S/C18H26N8O2/c1-28-12-11-26-17(21-22-23-26)18(25-9-2-3-10-25)5-4-8-24(14-18)16(27)15-13-19-6-7-20-15/h6-7,13H,2-5,8-12,14H2,1H3. The number of hydrogen-bond acceptors (Lipinski definition) is 8. The van der Waals surface area contributed by atoms with Crippen LogP contribution in [-0.4, -0.2) is 85.8 Å². The fraction of sp³-hybridized carbons (Fsp3) is 0.667. The van der Waals surface area contributed by atoms with Crippen LogP contribution in [0.1, 0.15) is 42.0 Å². The van der Waals surface area contributed by atoms with Crippen molar-refractivity contribution in [2.45, 2.75) is 37.8 Å².